The molecule has 0 aliphatic carbocycles. The number of hydrogen-bond acceptors (Lipinski definition) is 5. The van der Waals surface area contributed by atoms with Gasteiger partial charge in [-0.25, -0.2) is 9.50 Å². The van der Waals surface area contributed by atoms with Crippen molar-refractivity contribution >= 4 is 22.5 Å². The first-order chi connectivity index (χ1) is 12.2. The number of carbonyl (C=O) groups excluding carboxylic acids is 1. The van der Waals surface area contributed by atoms with Gasteiger partial charge in [-0.3, -0.25) is 9.59 Å². The zero-order valence-electron chi connectivity index (χ0n) is 13.3. The highest BCUT2D eigenvalue weighted by Crippen LogP contribution is 2.10. The number of nitrogens with one attached hydrogen (secondary N) is 1. The maximum Gasteiger partial charge on any atom is 0.262 e. The molecular formula is C17H15N5O3. The predicted octanol–water partition coefficient (Wildman–Crippen LogP) is 0.996. The maximum absolute atomic E-state index is 12.6. The standard InChI is InChI=1S/C17H15N5O3/c23-16(18-6-3-12-2-1-9-25-12)11-21-8-5-14-13(17(21)24)10-19-15-4-7-20-22(14)15/h1-2,4-5,7-10H,3,6,11H2,(H,18,23). The van der Waals surface area contributed by atoms with Crippen molar-refractivity contribution in [2.75, 3.05) is 6.54 Å². The van der Waals surface area contributed by atoms with E-state index in [9.17, 15) is 9.59 Å². The average Bonchev–Trinajstić information content (AvgIpc) is 3.28. The normalized spacial score (nSPS) is 11.2. The van der Waals surface area contributed by atoms with Crippen LogP contribution in [-0.4, -0.2) is 31.6 Å². The van der Waals surface area contributed by atoms with E-state index in [0.717, 1.165) is 5.76 Å². The Hall–Kier alpha value is -3.42. The molecule has 1 amide bonds. The molecule has 1 N–H and O–H groups in total. The van der Waals surface area contributed by atoms with E-state index in [1.807, 2.05) is 6.07 Å². The van der Waals surface area contributed by atoms with Crippen LogP contribution in [-0.2, 0) is 17.8 Å². The van der Waals surface area contributed by atoms with Gasteiger partial charge in [0.2, 0.25) is 5.91 Å². The highest BCUT2D eigenvalue weighted by Gasteiger charge is 2.10. The SMILES string of the molecule is O=C(Cn1ccc2c(cnc3ccnn32)c1=O)NCCc1ccco1. The number of carbonyl (C=O) groups is 1. The quantitative estimate of drug-likeness (QED) is 0.586. The second kappa shape index (κ2) is 6.23. The zero-order chi connectivity index (χ0) is 17.2. The van der Waals surface area contributed by atoms with Crippen LogP contribution in [0.15, 0.2) is 58.3 Å². The van der Waals surface area contributed by atoms with Crippen LogP contribution in [0.2, 0.25) is 0 Å². The first-order valence-electron chi connectivity index (χ1n) is 7.83. The molecule has 0 aliphatic rings. The van der Waals surface area contributed by atoms with E-state index in [-0.39, 0.29) is 18.0 Å². The average molecular weight is 337 g/mol. The van der Waals surface area contributed by atoms with Crippen molar-refractivity contribution in [2.45, 2.75) is 13.0 Å². The van der Waals surface area contributed by atoms with E-state index in [1.54, 1.807) is 41.4 Å². The van der Waals surface area contributed by atoms with Gasteiger partial charge in [-0.2, -0.15) is 5.10 Å². The Morgan fingerprint density at radius 3 is 3.04 bits per heavy atom. The van der Waals surface area contributed by atoms with E-state index in [2.05, 4.69) is 15.4 Å². The summed E-state index contributed by atoms with van der Waals surface area (Å²) in [5, 5.41) is 7.36. The number of amides is 1. The zero-order valence-corrected chi connectivity index (χ0v) is 13.3. The van der Waals surface area contributed by atoms with Crippen molar-refractivity contribution in [3.63, 3.8) is 0 Å². The molecule has 25 heavy (non-hydrogen) atoms. The maximum atomic E-state index is 12.6. The van der Waals surface area contributed by atoms with Gasteiger partial charge in [0, 0.05) is 31.4 Å². The molecule has 8 heteroatoms. The number of fused-ring (bicyclic) bond motifs is 3. The molecule has 0 aliphatic heterocycles. The molecule has 4 rings (SSSR count). The van der Waals surface area contributed by atoms with Gasteiger partial charge in [0.1, 0.15) is 12.3 Å². The fourth-order valence-corrected chi connectivity index (χ4v) is 2.71. The van der Waals surface area contributed by atoms with Crippen molar-refractivity contribution in [3.05, 3.63) is 65.2 Å². The molecule has 0 aromatic carbocycles. The summed E-state index contributed by atoms with van der Waals surface area (Å²) < 4.78 is 8.17. The second-order valence-electron chi connectivity index (χ2n) is 5.59. The van der Waals surface area contributed by atoms with E-state index in [4.69, 9.17) is 4.42 Å². The molecule has 0 saturated heterocycles. The molecule has 0 bridgehead atoms. The van der Waals surface area contributed by atoms with Crippen molar-refractivity contribution in [1.29, 1.82) is 0 Å². The predicted molar refractivity (Wildman–Crippen MR) is 90.2 cm³/mol. The Bertz CT molecular complexity index is 1090. The summed E-state index contributed by atoms with van der Waals surface area (Å²) >= 11 is 0. The largest absolute Gasteiger partial charge is 0.469 e. The monoisotopic (exact) mass is 337 g/mol. The number of aromatic nitrogens is 4. The van der Waals surface area contributed by atoms with Gasteiger partial charge in [0.15, 0.2) is 5.65 Å². The molecule has 0 radical (unpaired) electrons. The van der Waals surface area contributed by atoms with Crippen LogP contribution in [0.25, 0.3) is 16.6 Å². The highest BCUT2D eigenvalue weighted by molar-refractivity contribution is 5.80. The summed E-state index contributed by atoms with van der Waals surface area (Å²) in [6, 6.07) is 7.17. The molecular weight excluding hydrogens is 322 g/mol. The van der Waals surface area contributed by atoms with E-state index in [1.165, 1.54) is 10.8 Å². The van der Waals surface area contributed by atoms with Gasteiger partial charge in [-0.1, -0.05) is 0 Å². The first-order valence-corrected chi connectivity index (χ1v) is 7.83. The molecule has 4 aromatic rings. The summed E-state index contributed by atoms with van der Waals surface area (Å²) in [4.78, 5) is 28.8. The molecule has 0 saturated carbocycles. The summed E-state index contributed by atoms with van der Waals surface area (Å²) in [6.07, 6.45) is 6.93. The van der Waals surface area contributed by atoms with Crippen molar-refractivity contribution in [1.82, 2.24) is 24.5 Å². The number of rotatable bonds is 5. The lowest BCUT2D eigenvalue weighted by Crippen LogP contribution is -2.33. The number of hydrogen-bond donors (Lipinski definition) is 1. The lowest BCUT2D eigenvalue weighted by Gasteiger charge is -2.08. The van der Waals surface area contributed by atoms with Gasteiger partial charge in [0.25, 0.3) is 5.56 Å². The molecule has 4 heterocycles. The number of pyridine rings is 1. The van der Waals surface area contributed by atoms with Gasteiger partial charge in [-0.15, -0.1) is 0 Å². The fraction of sp³-hybridized carbons (Fsp3) is 0.176. The minimum absolute atomic E-state index is 0.0515. The van der Waals surface area contributed by atoms with E-state index < -0.39 is 0 Å². The van der Waals surface area contributed by atoms with Gasteiger partial charge >= 0.3 is 0 Å². The third kappa shape index (κ3) is 2.89. The van der Waals surface area contributed by atoms with E-state index in [0.29, 0.717) is 29.5 Å². The van der Waals surface area contributed by atoms with Crippen LogP contribution in [0.3, 0.4) is 0 Å². The van der Waals surface area contributed by atoms with Crippen LogP contribution in [0.1, 0.15) is 5.76 Å². The Morgan fingerprint density at radius 2 is 2.20 bits per heavy atom. The molecule has 8 nitrogen and oxygen atoms in total. The molecule has 126 valence electrons. The summed E-state index contributed by atoms with van der Waals surface area (Å²) in [6.45, 7) is 0.397. The number of nitrogens with zero attached hydrogens (tertiary/aromatic N) is 4. The van der Waals surface area contributed by atoms with E-state index >= 15 is 0 Å². The van der Waals surface area contributed by atoms with Crippen LogP contribution in [0, 0.1) is 0 Å². The lowest BCUT2D eigenvalue weighted by molar-refractivity contribution is -0.121. The Morgan fingerprint density at radius 1 is 1.28 bits per heavy atom. The van der Waals surface area contributed by atoms with Crippen LogP contribution in [0.5, 0.6) is 0 Å². The van der Waals surface area contributed by atoms with Crippen LogP contribution in [0.4, 0.5) is 0 Å². The molecule has 4 aromatic heterocycles. The Labute approximate surface area is 141 Å². The van der Waals surface area contributed by atoms with Gasteiger partial charge < -0.3 is 14.3 Å². The number of furan rings is 1. The topological polar surface area (TPSA) is 94.4 Å². The summed E-state index contributed by atoms with van der Waals surface area (Å²) in [5.74, 6) is 0.568. The van der Waals surface area contributed by atoms with Crippen molar-refractivity contribution in [3.8, 4) is 0 Å². The molecule has 0 unspecified atom stereocenters. The molecule has 0 spiro atoms. The fourth-order valence-electron chi connectivity index (χ4n) is 2.71. The minimum atomic E-state index is -0.274. The van der Waals surface area contributed by atoms with Gasteiger partial charge in [0.05, 0.1) is 23.4 Å². The van der Waals surface area contributed by atoms with Gasteiger partial charge in [-0.05, 0) is 18.2 Å². The van der Waals surface area contributed by atoms with Crippen LogP contribution >= 0.6 is 0 Å². The minimum Gasteiger partial charge on any atom is -0.469 e. The second-order valence-corrected chi connectivity index (χ2v) is 5.59. The Balaban J connectivity index is 1.51. The van der Waals surface area contributed by atoms with Crippen LogP contribution < -0.4 is 10.9 Å². The van der Waals surface area contributed by atoms with Crippen molar-refractivity contribution < 1.29 is 9.21 Å². The Kier molecular flexibility index (Phi) is 3.77. The summed E-state index contributed by atoms with van der Waals surface area (Å²) in [5.41, 5.74) is 1.05. The smallest absolute Gasteiger partial charge is 0.262 e. The summed E-state index contributed by atoms with van der Waals surface area (Å²) in [7, 11) is 0. The first kappa shape index (κ1) is 15.1. The highest BCUT2D eigenvalue weighted by atomic mass is 16.3. The third-order valence-corrected chi connectivity index (χ3v) is 3.94. The molecule has 0 atom stereocenters. The lowest BCUT2D eigenvalue weighted by atomic mass is 10.3. The molecule has 0 fully saturated rings. The van der Waals surface area contributed by atoms with Crippen molar-refractivity contribution in [2.24, 2.45) is 0 Å². The third-order valence-electron chi connectivity index (χ3n) is 3.94.